The topological polar surface area (TPSA) is 32.3 Å². The van der Waals surface area contributed by atoms with Crippen molar-refractivity contribution in [3.63, 3.8) is 0 Å². The van der Waals surface area contributed by atoms with Gasteiger partial charge < -0.3 is 10.2 Å². The van der Waals surface area contributed by atoms with Gasteiger partial charge in [0.2, 0.25) is 5.91 Å². The summed E-state index contributed by atoms with van der Waals surface area (Å²) in [5.74, 6) is -0.0150. The summed E-state index contributed by atoms with van der Waals surface area (Å²) in [5.41, 5.74) is 4.41. The van der Waals surface area contributed by atoms with E-state index >= 15 is 0 Å². The van der Waals surface area contributed by atoms with E-state index in [0.29, 0.717) is 11.6 Å². The Kier molecular flexibility index (Phi) is 4.16. The highest BCUT2D eigenvalue weighted by Crippen LogP contribution is 2.26. The van der Waals surface area contributed by atoms with Crippen molar-refractivity contribution in [3.05, 3.63) is 71.3 Å². The number of hydrogen-bond acceptors (Lipinski definition) is 2. The Hall–Kier alpha value is -2.26. The van der Waals surface area contributed by atoms with Gasteiger partial charge in [0, 0.05) is 29.5 Å². The van der Waals surface area contributed by atoms with Crippen molar-refractivity contribution in [2.24, 2.45) is 0 Å². The largest absolute Gasteiger partial charge is 0.355 e. The number of nitrogens with one attached hydrogen (secondary N) is 1. The second kappa shape index (κ2) is 6.24. The van der Waals surface area contributed by atoms with E-state index in [9.17, 15) is 4.79 Å². The van der Waals surface area contributed by atoms with Crippen LogP contribution in [0, 0.1) is 0 Å². The normalized spacial score (nSPS) is 13.4. The van der Waals surface area contributed by atoms with Crippen molar-refractivity contribution >= 4 is 28.9 Å². The Morgan fingerprint density at radius 3 is 2.77 bits per heavy atom. The van der Waals surface area contributed by atoms with Gasteiger partial charge in [0.25, 0.3) is 0 Å². The molecule has 0 radical (unpaired) electrons. The number of amides is 1. The number of fused-ring (bicyclic) bond motifs is 1. The van der Waals surface area contributed by atoms with Crippen LogP contribution in [0.1, 0.15) is 11.1 Å². The number of nitrogens with zero attached hydrogens (tertiary/aromatic N) is 1. The maximum Gasteiger partial charge on any atom is 0.246 e. The lowest BCUT2D eigenvalue weighted by molar-refractivity contribution is -0.126. The molecule has 0 aliphatic carbocycles. The average Bonchev–Trinajstić information content (AvgIpc) is 2.53. The Bertz CT molecular complexity index is 727. The minimum absolute atomic E-state index is 0.0150. The monoisotopic (exact) mass is 312 g/mol. The zero-order valence-electron chi connectivity index (χ0n) is 12.2. The number of anilines is 2. The average molecular weight is 313 g/mol. The van der Waals surface area contributed by atoms with Crippen LogP contribution in [0.5, 0.6) is 0 Å². The number of carbonyl (C=O) groups is 1. The van der Waals surface area contributed by atoms with Crippen LogP contribution in [0.25, 0.3) is 0 Å². The van der Waals surface area contributed by atoms with Crippen molar-refractivity contribution in [3.8, 4) is 0 Å². The second-order valence-corrected chi connectivity index (χ2v) is 5.77. The molecular formula is C18H17ClN2O. The third-order valence-corrected chi connectivity index (χ3v) is 4.05. The van der Waals surface area contributed by atoms with Crippen LogP contribution in [0.3, 0.4) is 0 Å². The Labute approximate surface area is 135 Å². The molecule has 0 aromatic heterocycles. The van der Waals surface area contributed by atoms with Gasteiger partial charge in [-0.15, -0.1) is 0 Å². The molecule has 0 bridgehead atoms. The summed E-state index contributed by atoms with van der Waals surface area (Å²) in [6, 6.07) is 13.9. The smallest absolute Gasteiger partial charge is 0.246 e. The standard InChI is InChI=1S/C18H17ClN2O/c1-2-18(22)21-9-8-13-6-7-17(10-14(13)12-21)20-16-5-3-4-15(19)11-16/h2-7,10-11,20H,1,8-9,12H2. The number of hydrogen-bond donors (Lipinski definition) is 1. The first kappa shape index (κ1) is 14.7. The molecule has 0 spiro atoms. The molecule has 0 saturated carbocycles. The van der Waals surface area contributed by atoms with Gasteiger partial charge in [-0.1, -0.05) is 30.3 Å². The number of benzene rings is 2. The molecule has 1 aliphatic rings. The summed E-state index contributed by atoms with van der Waals surface area (Å²) < 4.78 is 0. The van der Waals surface area contributed by atoms with Crippen molar-refractivity contribution in [1.29, 1.82) is 0 Å². The molecule has 0 unspecified atom stereocenters. The molecule has 0 atom stereocenters. The molecule has 1 heterocycles. The van der Waals surface area contributed by atoms with Crippen molar-refractivity contribution < 1.29 is 4.79 Å². The fraction of sp³-hybridized carbons (Fsp3) is 0.167. The molecule has 2 aromatic carbocycles. The van der Waals surface area contributed by atoms with Crippen LogP contribution in [0.4, 0.5) is 11.4 Å². The van der Waals surface area contributed by atoms with E-state index in [1.807, 2.05) is 29.2 Å². The fourth-order valence-corrected chi connectivity index (χ4v) is 2.88. The Morgan fingerprint density at radius 2 is 2.00 bits per heavy atom. The molecule has 0 fully saturated rings. The predicted molar refractivity (Wildman–Crippen MR) is 90.5 cm³/mol. The molecule has 2 aromatic rings. The van der Waals surface area contributed by atoms with Crippen LogP contribution in [0.2, 0.25) is 5.02 Å². The van der Waals surface area contributed by atoms with Gasteiger partial charge >= 0.3 is 0 Å². The van der Waals surface area contributed by atoms with E-state index < -0.39 is 0 Å². The van der Waals surface area contributed by atoms with Crippen molar-refractivity contribution in [1.82, 2.24) is 4.90 Å². The van der Waals surface area contributed by atoms with Crippen LogP contribution in [-0.4, -0.2) is 17.4 Å². The van der Waals surface area contributed by atoms with E-state index in [1.54, 1.807) is 0 Å². The second-order valence-electron chi connectivity index (χ2n) is 5.33. The summed E-state index contributed by atoms with van der Waals surface area (Å²) in [6.07, 6.45) is 2.26. The van der Waals surface area contributed by atoms with E-state index in [0.717, 1.165) is 24.3 Å². The highest BCUT2D eigenvalue weighted by Gasteiger charge is 2.19. The third kappa shape index (κ3) is 3.15. The molecule has 3 rings (SSSR count). The van der Waals surface area contributed by atoms with Crippen molar-refractivity contribution in [2.45, 2.75) is 13.0 Å². The third-order valence-electron chi connectivity index (χ3n) is 3.82. The SMILES string of the molecule is C=CC(=O)N1CCc2ccc(Nc3cccc(Cl)c3)cc2C1. The summed E-state index contributed by atoms with van der Waals surface area (Å²) >= 11 is 6.00. The summed E-state index contributed by atoms with van der Waals surface area (Å²) in [4.78, 5) is 13.6. The van der Waals surface area contributed by atoms with Gasteiger partial charge in [0.1, 0.15) is 0 Å². The van der Waals surface area contributed by atoms with Crippen LogP contribution < -0.4 is 5.32 Å². The van der Waals surface area contributed by atoms with Gasteiger partial charge in [-0.25, -0.2) is 0 Å². The minimum Gasteiger partial charge on any atom is -0.355 e. The fourth-order valence-electron chi connectivity index (χ4n) is 2.68. The summed E-state index contributed by atoms with van der Waals surface area (Å²) in [6.45, 7) is 4.94. The highest BCUT2D eigenvalue weighted by molar-refractivity contribution is 6.30. The molecule has 1 N–H and O–H groups in total. The summed E-state index contributed by atoms with van der Waals surface area (Å²) in [5, 5.41) is 4.04. The molecule has 0 saturated heterocycles. The Morgan fingerprint density at radius 1 is 1.18 bits per heavy atom. The maximum absolute atomic E-state index is 11.8. The van der Waals surface area contributed by atoms with Gasteiger partial charge in [-0.2, -0.15) is 0 Å². The zero-order valence-corrected chi connectivity index (χ0v) is 12.9. The molecule has 4 heteroatoms. The zero-order chi connectivity index (χ0) is 15.5. The first-order valence-electron chi connectivity index (χ1n) is 7.21. The van der Waals surface area contributed by atoms with Crippen LogP contribution in [0.15, 0.2) is 55.1 Å². The van der Waals surface area contributed by atoms with Crippen molar-refractivity contribution in [2.75, 3.05) is 11.9 Å². The van der Waals surface area contributed by atoms with Gasteiger partial charge in [-0.3, -0.25) is 4.79 Å². The number of halogens is 1. The van der Waals surface area contributed by atoms with E-state index in [1.165, 1.54) is 17.2 Å². The lowest BCUT2D eigenvalue weighted by Gasteiger charge is -2.28. The predicted octanol–water partition coefficient (Wildman–Crippen LogP) is 4.15. The van der Waals surface area contributed by atoms with Gasteiger partial charge in [0.15, 0.2) is 0 Å². The van der Waals surface area contributed by atoms with E-state index in [-0.39, 0.29) is 5.91 Å². The molecule has 3 nitrogen and oxygen atoms in total. The molecule has 1 amide bonds. The number of rotatable bonds is 3. The highest BCUT2D eigenvalue weighted by atomic mass is 35.5. The molecule has 1 aliphatic heterocycles. The molecular weight excluding hydrogens is 296 g/mol. The van der Waals surface area contributed by atoms with Crippen LogP contribution in [-0.2, 0) is 17.8 Å². The maximum atomic E-state index is 11.8. The molecule has 22 heavy (non-hydrogen) atoms. The van der Waals surface area contributed by atoms with E-state index in [4.69, 9.17) is 11.6 Å². The Balaban J connectivity index is 1.81. The van der Waals surface area contributed by atoms with E-state index in [2.05, 4.69) is 30.1 Å². The van der Waals surface area contributed by atoms with Gasteiger partial charge in [-0.05, 0) is 54.0 Å². The first-order chi connectivity index (χ1) is 10.7. The molecule has 112 valence electrons. The van der Waals surface area contributed by atoms with Crippen LogP contribution >= 0.6 is 11.6 Å². The lowest BCUT2D eigenvalue weighted by atomic mass is 9.99. The lowest BCUT2D eigenvalue weighted by Crippen LogP contribution is -2.34. The van der Waals surface area contributed by atoms with Gasteiger partial charge in [0.05, 0.1) is 0 Å². The number of carbonyl (C=O) groups excluding carboxylic acids is 1. The minimum atomic E-state index is -0.0150. The first-order valence-corrected chi connectivity index (χ1v) is 7.59. The summed E-state index contributed by atoms with van der Waals surface area (Å²) in [7, 11) is 0. The quantitative estimate of drug-likeness (QED) is 0.863.